The molecule has 3 aromatic carbocycles. The van der Waals surface area contributed by atoms with E-state index in [1.807, 2.05) is 37.3 Å². The summed E-state index contributed by atoms with van der Waals surface area (Å²) >= 11 is 0. The maximum absolute atomic E-state index is 14.6. The second-order valence-corrected chi connectivity index (χ2v) is 5.82. The maximum atomic E-state index is 14.6. The zero-order valence-corrected chi connectivity index (χ0v) is 14.4. The van der Waals surface area contributed by atoms with Crippen molar-refractivity contribution >= 4 is 0 Å². The first-order valence-electron chi connectivity index (χ1n) is 8.44. The lowest BCUT2D eigenvalue weighted by molar-refractivity contribution is 0.338. The molecule has 3 aromatic rings. The van der Waals surface area contributed by atoms with Gasteiger partial charge >= 0.3 is 0 Å². The fourth-order valence-electron chi connectivity index (χ4n) is 2.82. The van der Waals surface area contributed by atoms with Crippen LogP contribution in [0.25, 0.3) is 22.3 Å². The van der Waals surface area contributed by atoms with E-state index in [1.54, 1.807) is 18.2 Å². The van der Waals surface area contributed by atoms with Crippen LogP contribution in [0.15, 0.2) is 60.7 Å². The van der Waals surface area contributed by atoms with Crippen molar-refractivity contribution < 1.29 is 13.5 Å². The molecule has 0 bridgehead atoms. The topological polar surface area (TPSA) is 9.23 Å². The predicted molar refractivity (Wildman–Crippen MR) is 97.8 cm³/mol. The van der Waals surface area contributed by atoms with E-state index < -0.39 is 11.6 Å². The van der Waals surface area contributed by atoms with Gasteiger partial charge in [-0.2, -0.15) is 0 Å². The van der Waals surface area contributed by atoms with Crippen LogP contribution in [0.2, 0.25) is 0 Å². The Hall–Kier alpha value is -2.68. The van der Waals surface area contributed by atoms with E-state index in [1.165, 1.54) is 17.7 Å². The Kier molecular flexibility index (Phi) is 5.13. The van der Waals surface area contributed by atoms with Gasteiger partial charge in [-0.05, 0) is 48.2 Å². The van der Waals surface area contributed by atoms with Crippen LogP contribution >= 0.6 is 0 Å². The third-order valence-electron chi connectivity index (χ3n) is 4.21. The van der Waals surface area contributed by atoms with E-state index in [2.05, 4.69) is 6.92 Å². The van der Waals surface area contributed by atoms with E-state index in [0.717, 1.165) is 17.5 Å². The predicted octanol–water partition coefficient (Wildman–Crippen LogP) is 6.26. The molecule has 128 valence electrons. The molecule has 0 saturated heterocycles. The van der Waals surface area contributed by atoms with Crippen molar-refractivity contribution in [2.45, 2.75) is 20.3 Å². The Labute approximate surface area is 146 Å². The monoisotopic (exact) mass is 338 g/mol. The zero-order chi connectivity index (χ0) is 17.8. The second-order valence-electron chi connectivity index (χ2n) is 5.82. The second kappa shape index (κ2) is 7.47. The van der Waals surface area contributed by atoms with E-state index in [9.17, 15) is 8.78 Å². The molecule has 0 atom stereocenters. The highest BCUT2D eigenvalue weighted by Gasteiger charge is 2.12. The Balaban J connectivity index is 1.94. The van der Waals surface area contributed by atoms with E-state index >= 15 is 0 Å². The van der Waals surface area contributed by atoms with Crippen LogP contribution in [-0.2, 0) is 6.42 Å². The number of halogens is 2. The summed E-state index contributed by atoms with van der Waals surface area (Å²) in [5.74, 6) is -0.498. The van der Waals surface area contributed by atoms with Gasteiger partial charge in [0.1, 0.15) is 17.4 Å². The van der Waals surface area contributed by atoms with E-state index in [0.29, 0.717) is 12.4 Å². The van der Waals surface area contributed by atoms with Gasteiger partial charge in [0, 0.05) is 17.2 Å². The van der Waals surface area contributed by atoms with Crippen molar-refractivity contribution in [1.29, 1.82) is 0 Å². The Bertz CT molecular complexity index is 870. The Morgan fingerprint density at radius 1 is 0.720 bits per heavy atom. The number of benzene rings is 3. The third kappa shape index (κ3) is 3.71. The van der Waals surface area contributed by atoms with Gasteiger partial charge in [-0.1, -0.05) is 43.3 Å². The molecule has 3 heteroatoms. The number of aryl methyl sites for hydroxylation is 1. The first-order chi connectivity index (χ1) is 12.1. The van der Waals surface area contributed by atoms with Crippen molar-refractivity contribution in [3.63, 3.8) is 0 Å². The van der Waals surface area contributed by atoms with Crippen molar-refractivity contribution in [1.82, 2.24) is 0 Å². The van der Waals surface area contributed by atoms with Gasteiger partial charge in [-0.3, -0.25) is 0 Å². The first kappa shape index (κ1) is 17.2. The largest absolute Gasteiger partial charge is 0.494 e. The number of rotatable bonds is 5. The van der Waals surface area contributed by atoms with Crippen LogP contribution < -0.4 is 4.74 Å². The van der Waals surface area contributed by atoms with Crippen LogP contribution in [0.3, 0.4) is 0 Å². The summed E-state index contributed by atoms with van der Waals surface area (Å²) < 4.78 is 34.2. The van der Waals surface area contributed by atoms with Crippen molar-refractivity contribution in [2.24, 2.45) is 0 Å². The van der Waals surface area contributed by atoms with E-state index in [4.69, 9.17) is 4.74 Å². The van der Waals surface area contributed by atoms with E-state index in [-0.39, 0.29) is 11.1 Å². The molecule has 0 spiro atoms. The normalized spacial score (nSPS) is 10.7. The number of ether oxygens (including phenoxy) is 1. The quantitative estimate of drug-likeness (QED) is 0.533. The highest BCUT2D eigenvalue weighted by Crippen LogP contribution is 2.31. The molecule has 0 N–H and O–H groups in total. The minimum Gasteiger partial charge on any atom is -0.494 e. The molecule has 3 rings (SSSR count). The van der Waals surface area contributed by atoms with Crippen molar-refractivity contribution in [3.8, 4) is 28.0 Å². The molecule has 0 amide bonds. The minimum absolute atomic E-state index is 0.230. The minimum atomic E-state index is -0.495. The summed E-state index contributed by atoms with van der Waals surface area (Å²) in [6.07, 6.45) is 0.963. The molecule has 0 aromatic heterocycles. The van der Waals surface area contributed by atoms with Crippen molar-refractivity contribution in [3.05, 3.63) is 77.9 Å². The van der Waals surface area contributed by atoms with Gasteiger partial charge in [-0.25, -0.2) is 8.78 Å². The SMILES string of the molecule is CCOc1ccc(-c2ccc(-c3ccc(CC)cc3)cc2F)c(F)c1. The van der Waals surface area contributed by atoms with Gasteiger partial charge in [0.15, 0.2) is 0 Å². The molecule has 0 heterocycles. The number of hydrogen-bond acceptors (Lipinski definition) is 1. The summed E-state index contributed by atoms with van der Waals surface area (Å²) in [4.78, 5) is 0. The molecular weight excluding hydrogens is 318 g/mol. The average Bonchev–Trinajstić information content (AvgIpc) is 2.63. The zero-order valence-electron chi connectivity index (χ0n) is 14.4. The molecule has 25 heavy (non-hydrogen) atoms. The molecule has 0 radical (unpaired) electrons. The molecule has 0 aliphatic carbocycles. The highest BCUT2D eigenvalue weighted by molar-refractivity contribution is 5.71. The summed E-state index contributed by atoms with van der Waals surface area (Å²) in [5.41, 5.74) is 3.42. The van der Waals surface area contributed by atoms with Gasteiger partial charge < -0.3 is 4.74 Å². The van der Waals surface area contributed by atoms with Gasteiger partial charge in [0.05, 0.1) is 6.61 Å². The summed E-state index contributed by atoms with van der Waals surface area (Å²) in [7, 11) is 0. The summed E-state index contributed by atoms with van der Waals surface area (Å²) in [6.45, 7) is 4.38. The Morgan fingerprint density at radius 2 is 1.32 bits per heavy atom. The lowest BCUT2D eigenvalue weighted by Crippen LogP contribution is -1.94. The van der Waals surface area contributed by atoms with Gasteiger partial charge in [-0.15, -0.1) is 0 Å². The lowest BCUT2D eigenvalue weighted by atomic mass is 9.98. The Morgan fingerprint density at radius 3 is 1.88 bits per heavy atom. The summed E-state index contributed by atoms with van der Waals surface area (Å²) in [6, 6.07) is 17.4. The molecule has 0 aliphatic rings. The number of hydrogen-bond donors (Lipinski definition) is 0. The molecule has 1 nitrogen and oxygen atoms in total. The molecular formula is C22H20F2O. The lowest BCUT2D eigenvalue weighted by Gasteiger charge is -2.10. The smallest absolute Gasteiger partial charge is 0.134 e. The van der Waals surface area contributed by atoms with Crippen LogP contribution in [-0.4, -0.2) is 6.61 Å². The van der Waals surface area contributed by atoms with Crippen LogP contribution in [0.4, 0.5) is 8.78 Å². The fraction of sp³-hybridized carbons (Fsp3) is 0.182. The van der Waals surface area contributed by atoms with Crippen LogP contribution in [0.1, 0.15) is 19.4 Å². The van der Waals surface area contributed by atoms with Crippen LogP contribution in [0, 0.1) is 11.6 Å². The van der Waals surface area contributed by atoms with Gasteiger partial charge in [0.2, 0.25) is 0 Å². The summed E-state index contributed by atoms with van der Waals surface area (Å²) in [5, 5.41) is 0. The van der Waals surface area contributed by atoms with Crippen molar-refractivity contribution in [2.75, 3.05) is 6.61 Å². The molecule has 0 fully saturated rings. The molecule has 0 unspecified atom stereocenters. The van der Waals surface area contributed by atoms with Gasteiger partial charge in [0.25, 0.3) is 0 Å². The fourth-order valence-corrected chi connectivity index (χ4v) is 2.82. The average molecular weight is 338 g/mol. The first-order valence-corrected chi connectivity index (χ1v) is 8.44. The molecule has 0 aliphatic heterocycles. The highest BCUT2D eigenvalue weighted by atomic mass is 19.1. The standard InChI is InChI=1S/C22H20F2O/c1-3-15-5-7-16(8-6-15)17-9-11-19(21(23)13-17)20-12-10-18(25-4-2)14-22(20)24/h5-14H,3-4H2,1-2H3. The van der Waals surface area contributed by atoms with Crippen LogP contribution in [0.5, 0.6) is 5.75 Å². The maximum Gasteiger partial charge on any atom is 0.134 e. The third-order valence-corrected chi connectivity index (χ3v) is 4.21. The molecule has 0 saturated carbocycles.